The molecule has 1 aliphatic rings. The zero-order valence-electron chi connectivity index (χ0n) is 15.0. The van der Waals surface area contributed by atoms with Crippen molar-refractivity contribution in [1.29, 1.82) is 0 Å². The summed E-state index contributed by atoms with van der Waals surface area (Å²) in [6.45, 7) is -5.64. The zero-order valence-corrected chi connectivity index (χ0v) is 18.5. The van der Waals surface area contributed by atoms with Crippen LogP contribution in [-0.4, -0.2) is 63.5 Å². The van der Waals surface area contributed by atoms with Crippen LogP contribution >= 0.6 is 22.4 Å². The Bertz CT molecular complexity index is 1100. The van der Waals surface area contributed by atoms with Gasteiger partial charge < -0.3 is 39.0 Å². The highest BCUT2D eigenvalue weighted by molar-refractivity contribution is 8.08. The van der Waals surface area contributed by atoms with Crippen LogP contribution in [0.1, 0.15) is 13.2 Å². The second kappa shape index (κ2) is 8.59. The van der Waals surface area contributed by atoms with Crippen molar-refractivity contribution in [3.63, 3.8) is 0 Å². The van der Waals surface area contributed by atoms with E-state index in [0.29, 0.717) is 4.57 Å². The molecule has 0 aliphatic carbocycles. The van der Waals surface area contributed by atoms with E-state index in [1.165, 1.54) is 0 Å². The van der Waals surface area contributed by atoms with Gasteiger partial charge in [-0.1, -0.05) is 0 Å². The van der Waals surface area contributed by atoms with Crippen LogP contribution in [-0.2, 0) is 38.8 Å². The molecule has 1 fully saturated rings. The van der Waals surface area contributed by atoms with E-state index in [2.05, 4.69) is 25.0 Å². The average Bonchev–Trinajstić information content (AvgIpc) is 2.71. The van der Waals surface area contributed by atoms with E-state index in [9.17, 15) is 38.7 Å². The minimum atomic E-state index is -5.68. The molecule has 2 unspecified atom stereocenters. The molecule has 6 atom stereocenters. The van der Waals surface area contributed by atoms with Crippen LogP contribution in [0, 0.1) is 0 Å². The summed E-state index contributed by atoms with van der Waals surface area (Å²) in [5, 5.41) is 20.6. The van der Waals surface area contributed by atoms with Gasteiger partial charge in [-0.2, -0.15) is 4.31 Å². The largest absolute Gasteiger partial charge is 0.488 e. The number of aliphatic hydroxyl groups excluding tert-OH is 1. The molecule has 7 N–H and O–H groups in total. The van der Waals surface area contributed by atoms with Crippen LogP contribution in [0.5, 0.6) is 0 Å². The first kappa shape index (κ1) is 26.6. The van der Waals surface area contributed by atoms with Crippen LogP contribution in [0.15, 0.2) is 21.9 Å². The molecule has 0 aromatic carbocycles. The van der Waals surface area contributed by atoms with Gasteiger partial charge in [0.2, 0.25) is 0 Å². The number of nitrogens with zero attached hydrogens (tertiary/aromatic N) is 1. The maximum atomic E-state index is 15.2. The minimum absolute atomic E-state index is 0.535. The number of ether oxygens (including phenoxy) is 1. The zero-order chi connectivity index (χ0) is 24.0. The Morgan fingerprint density at radius 2 is 1.87 bits per heavy atom. The first-order valence-electron chi connectivity index (χ1n) is 7.65. The van der Waals surface area contributed by atoms with Gasteiger partial charge in [-0.3, -0.25) is 14.3 Å². The Morgan fingerprint density at radius 3 is 2.39 bits per heavy atom. The van der Waals surface area contributed by atoms with Gasteiger partial charge in [0.1, 0.15) is 18.3 Å². The monoisotopic (exact) mass is 532 g/mol. The van der Waals surface area contributed by atoms with E-state index in [1.807, 2.05) is 4.98 Å². The van der Waals surface area contributed by atoms with Crippen molar-refractivity contribution in [2.75, 3.05) is 6.61 Å². The van der Waals surface area contributed by atoms with Gasteiger partial charge in [-0.05, 0) is 18.7 Å². The molecule has 31 heavy (non-hydrogen) atoms. The Hall–Kier alpha value is -0.680. The molecule has 1 aromatic rings. The van der Waals surface area contributed by atoms with Crippen LogP contribution in [0.25, 0.3) is 0 Å². The fourth-order valence-corrected chi connectivity index (χ4v) is 6.43. The van der Waals surface area contributed by atoms with Crippen molar-refractivity contribution in [3.8, 4) is 0 Å². The second-order valence-electron chi connectivity index (χ2n) is 6.27. The summed E-state index contributed by atoms with van der Waals surface area (Å²) >= 11 is 4.31. The fourth-order valence-electron chi connectivity index (χ4n) is 2.48. The van der Waals surface area contributed by atoms with Crippen molar-refractivity contribution in [1.82, 2.24) is 9.55 Å². The maximum Gasteiger partial charge on any atom is 0.488 e. The van der Waals surface area contributed by atoms with Gasteiger partial charge in [-0.15, -0.1) is 0 Å². The summed E-state index contributed by atoms with van der Waals surface area (Å²) in [4.78, 5) is 60.8. The molecule has 2 heterocycles. The summed E-state index contributed by atoms with van der Waals surface area (Å²) in [5.41, 5.74) is -4.48. The number of aromatic nitrogens is 2. The summed E-state index contributed by atoms with van der Waals surface area (Å²) in [6, 6.07) is 0.836. The van der Waals surface area contributed by atoms with Crippen LogP contribution in [0.4, 0.5) is 4.39 Å². The van der Waals surface area contributed by atoms with Crippen molar-refractivity contribution in [2.45, 2.75) is 30.7 Å². The Balaban J connectivity index is 2.22. The highest BCUT2D eigenvalue weighted by Gasteiger charge is 2.63. The Kier molecular flexibility index (Phi) is 7.36. The molecule has 21 heteroatoms. The quantitative estimate of drug-likeness (QED) is 0.184. The highest BCUT2D eigenvalue weighted by atomic mass is 32.5. The Labute approximate surface area is 175 Å². The standard InChI is InChI=1S/C10H16FN2O14P3S/c1-9(17)6(15)10(11,25-7(9)13-3-2-5(14)12-8(13)16)4-24-30(23,31)27-29(21,22)26-28(18,19)20/h2-3,6-7,15,17H,4H2,1H3,(H,21,22)(H,23,31)(H,12,14,16)(H2,18,19,20)/t6-,7+,9+,10+,30?/m0/s1. The molecule has 0 amide bonds. The lowest BCUT2D eigenvalue weighted by atomic mass is 9.95. The van der Waals surface area contributed by atoms with Crippen molar-refractivity contribution in [2.24, 2.45) is 0 Å². The van der Waals surface area contributed by atoms with Gasteiger partial charge >= 0.3 is 28.1 Å². The number of phosphoric acid groups is 2. The van der Waals surface area contributed by atoms with Gasteiger partial charge in [0.15, 0.2) is 6.23 Å². The lowest BCUT2D eigenvalue weighted by molar-refractivity contribution is -0.204. The number of aliphatic hydroxyl groups is 2. The third-order valence-corrected chi connectivity index (χ3v) is 8.41. The highest BCUT2D eigenvalue weighted by Crippen LogP contribution is 2.66. The van der Waals surface area contributed by atoms with Gasteiger partial charge in [0.05, 0.1) is 0 Å². The lowest BCUT2D eigenvalue weighted by Crippen LogP contribution is -2.50. The second-order valence-corrected chi connectivity index (χ2v) is 12.1. The number of nitrogens with one attached hydrogen (secondary N) is 1. The third kappa shape index (κ3) is 6.43. The smallest absolute Gasteiger partial charge is 0.384 e. The van der Waals surface area contributed by atoms with Gasteiger partial charge in [0, 0.05) is 12.3 Å². The van der Waals surface area contributed by atoms with Crippen LogP contribution in [0.3, 0.4) is 0 Å². The van der Waals surface area contributed by atoms with Gasteiger partial charge in [0.25, 0.3) is 11.4 Å². The number of aromatic amines is 1. The van der Waals surface area contributed by atoms with E-state index < -0.39 is 64.0 Å². The first-order chi connectivity index (χ1) is 13.8. The van der Waals surface area contributed by atoms with Crippen LogP contribution < -0.4 is 11.2 Å². The number of alkyl halides is 1. The maximum absolute atomic E-state index is 15.2. The molecule has 0 saturated carbocycles. The van der Waals surface area contributed by atoms with E-state index >= 15 is 4.39 Å². The summed E-state index contributed by atoms with van der Waals surface area (Å²) in [6.07, 6.45) is -3.56. The predicted octanol–water partition coefficient (Wildman–Crippen LogP) is -1.70. The number of H-pyrrole nitrogens is 1. The fraction of sp³-hybridized carbons (Fsp3) is 0.600. The van der Waals surface area contributed by atoms with Crippen molar-refractivity contribution >= 4 is 34.2 Å². The summed E-state index contributed by atoms with van der Waals surface area (Å²) in [5.74, 6) is -3.40. The Morgan fingerprint density at radius 1 is 1.29 bits per heavy atom. The number of rotatable bonds is 8. The third-order valence-electron chi connectivity index (χ3n) is 3.71. The minimum Gasteiger partial charge on any atom is -0.384 e. The van der Waals surface area contributed by atoms with Crippen molar-refractivity contribution in [3.05, 3.63) is 33.1 Å². The van der Waals surface area contributed by atoms with E-state index in [0.717, 1.165) is 19.2 Å². The van der Waals surface area contributed by atoms with E-state index in [-0.39, 0.29) is 0 Å². The molecule has 1 aromatic heterocycles. The normalized spacial score (nSPS) is 33.0. The summed E-state index contributed by atoms with van der Waals surface area (Å²) in [7, 11) is -11.2. The van der Waals surface area contributed by atoms with Crippen LogP contribution in [0.2, 0.25) is 0 Å². The first-order valence-corrected chi connectivity index (χ1v) is 13.3. The number of hydrogen-bond donors (Lipinski definition) is 7. The SMILES string of the molecule is C[C@]1(O)[C@H](n2ccc(=O)[nH]c2=O)O[C@](F)(COP(O)(=S)OP(=O)(O)OP(=O)(O)O)[C@H]1O. The van der Waals surface area contributed by atoms with Crippen molar-refractivity contribution < 1.29 is 61.2 Å². The molecule has 2 rings (SSSR count). The van der Waals surface area contributed by atoms with E-state index in [4.69, 9.17) is 14.5 Å². The van der Waals surface area contributed by atoms with E-state index in [1.54, 1.807) is 0 Å². The molecule has 178 valence electrons. The predicted molar refractivity (Wildman–Crippen MR) is 98.4 cm³/mol. The average molecular weight is 532 g/mol. The molecule has 16 nitrogen and oxygen atoms in total. The number of halogens is 1. The molecule has 1 saturated heterocycles. The molecular formula is C10H16FN2O14P3S. The molecule has 0 bridgehead atoms. The molecular weight excluding hydrogens is 516 g/mol. The number of hydrogen-bond acceptors (Lipinski definition) is 11. The topological polar surface area (TPSA) is 247 Å². The summed E-state index contributed by atoms with van der Waals surface area (Å²) < 4.78 is 54.4. The molecule has 1 aliphatic heterocycles. The molecule has 0 spiro atoms. The lowest BCUT2D eigenvalue weighted by Gasteiger charge is -2.28. The molecule has 0 radical (unpaired) electrons. The van der Waals surface area contributed by atoms with Gasteiger partial charge in [-0.25, -0.2) is 22.6 Å².